The molecule has 0 aliphatic carbocycles. The third-order valence-electron chi connectivity index (χ3n) is 4.20. The van der Waals surface area contributed by atoms with Gasteiger partial charge < -0.3 is 20.9 Å². The van der Waals surface area contributed by atoms with Crippen LogP contribution in [0.2, 0.25) is 0 Å². The molecule has 128 valence electrons. The summed E-state index contributed by atoms with van der Waals surface area (Å²) >= 11 is 3.45. The second-order valence-corrected chi connectivity index (χ2v) is 6.99. The van der Waals surface area contributed by atoms with Crippen molar-refractivity contribution in [3.63, 3.8) is 0 Å². The summed E-state index contributed by atoms with van der Waals surface area (Å²) in [6.07, 6.45) is 2.51. The molecule has 1 aromatic carbocycles. The zero-order valence-electron chi connectivity index (χ0n) is 13.4. The van der Waals surface area contributed by atoms with Crippen LogP contribution in [0.3, 0.4) is 0 Å². The number of halogens is 1. The van der Waals surface area contributed by atoms with E-state index in [1.54, 1.807) is 12.3 Å². The van der Waals surface area contributed by atoms with Gasteiger partial charge in [-0.05, 0) is 30.7 Å². The number of aromatic nitrogens is 3. The number of hydrogen-bond donors (Lipinski definition) is 3. The molecule has 1 aliphatic heterocycles. The highest BCUT2D eigenvalue weighted by Gasteiger charge is 2.23. The summed E-state index contributed by atoms with van der Waals surface area (Å²) in [5.41, 5.74) is 7.22. The molecular weight excluding hydrogens is 384 g/mol. The van der Waals surface area contributed by atoms with Gasteiger partial charge in [-0.1, -0.05) is 22.0 Å². The van der Waals surface area contributed by atoms with Crippen LogP contribution in [0.15, 0.2) is 45.8 Å². The molecule has 0 radical (unpaired) electrons. The lowest BCUT2D eigenvalue weighted by atomic mass is 10.2. The van der Waals surface area contributed by atoms with Crippen molar-refractivity contribution in [1.29, 1.82) is 0 Å². The minimum atomic E-state index is -0.223. The third kappa shape index (κ3) is 3.22. The second-order valence-electron chi connectivity index (χ2n) is 6.07. The number of H-pyrrole nitrogens is 1. The standard InChI is InChI=1S/C17H17BrN6O/c18-10-2-1-3-12(8-10)21-15-14-13(4-6-20-16(14)25)22-17(23-15)24-7-5-11(19)9-24/h1-4,6,8,11H,5,7,9,19H2,(H,20,25)(H,21,22,23). The maximum absolute atomic E-state index is 12.3. The van der Waals surface area contributed by atoms with Crippen LogP contribution in [0.4, 0.5) is 17.5 Å². The second kappa shape index (κ2) is 6.45. The smallest absolute Gasteiger partial charge is 0.261 e. The van der Waals surface area contributed by atoms with E-state index >= 15 is 0 Å². The fourth-order valence-electron chi connectivity index (χ4n) is 2.98. The molecular formula is C17H17BrN6O. The number of benzene rings is 1. The van der Waals surface area contributed by atoms with Gasteiger partial charge in [0.2, 0.25) is 5.95 Å². The van der Waals surface area contributed by atoms with Crippen LogP contribution in [0.5, 0.6) is 0 Å². The zero-order chi connectivity index (χ0) is 17.4. The highest BCUT2D eigenvalue weighted by molar-refractivity contribution is 9.10. The first-order valence-corrected chi connectivity index (χ1v) is 8.82. The Labute approximate surface area is 152 Å². The Bertz CT molecular complexity index is 988. The summed E-state index contributed by atoms with van der Waals surface area (Å²) in [6.45, 7) is 1.53. The first-order valence-electron chi connectivity index (χ1n) is 8.03. The average Bonchev–Trinajstić information content (AvgIpc) is 3.01. The Morgan fingerprint density at radius 3 is 2.96 bits per heavy atom. The molecule has 2 aromatic heterocycles. The zero-order valence-corrected chi connectivity index (χ0v) is 15.0. The molecule has 25 heavy (non-hydrogen) atoms. The summed E-state index contributed by atoms with van der Waals surface area (Å²) < 4.78 is 0.940. The number of nitrogens with zero attached hydrogens (tertiary/aromatic N) is 3. The Hall–Kier alpha value is -2.45. The van der Waals surface area contributed by atoms with Crippen molar-refractivity contribution in [2.24, 2.45) is 5.73 Å². The van der Waals surface area contributed by atoms with Crippen LogP contribution in [0.25, 0.3) is 10.9 Å². The first-order chi connectivity index (χ1) is 12.1. The lowest BCUT2D eigenvalue weighted by Crippen LogP contribution is -2.28. The largest absolute Gasteiger partial charge is 0.339 e. The molecule has 0 bridgehead atoms. The Morgan fingerprint density at radius 1 is 1.32 bits per heavy atom. The van der Waals surface area contributed by atoms with Crippen LogP contribution < -0.4 is 21.5 Å². The molecule has 1 saturated heterocycles. The summed E-state index contributed by atoms with van der Waals surface area (Å²) in [6, 6.07) is 9.61. The van der Waals surface area contributed by atoms with Crippen molar-refractivity contribution in [2.45, 2.75) is 12.5 Å². The molecule has 7 nitrogen and oxygen atoms in total. The van der Waals surface area contributed by atoms with E-state index in [1.165, 1.54) is 0 Å². The van der Waals surface area contributed by atoms with E-state index in [1.807, 2.05) is 24.3 Å². The maximum atomic E-state index is 12.3. The SMILES string of the molecule is NC1CCN(c2nc(Nc3cccc(Br)c3)c3c(=O)[nH]ccc3n2)C1. The van der Waals surface area contributed by atoms with Crippen molar-refractivity contribution >= 4 is 44.3 Å². The summed E-state index contributed by atoms with van der Waals surface area (Å²) in [7, 11) is 0. The monoisotopic (exact) mass is 400 g/mol. The fourth-order valence-corrected chi connectivity index (χ4v) is 3.38. The van der Waals surface area contributed by atoms with Crippen molar-refractivity contribution in [1.82, 2.24) is 15.0 Å². The van der Waals surface area contributed by atoms with Crippen molar-refractivity contribution < 1.29 is 0 Å². The quantitative estimate of drug-likeness (QED) is 0.623. The Kier molecular flexibility index (Phi) is 4.14. The summed E-state index contributed by atoms with van der Waals surface area (Å²) in [5.74, 6) is 1.07. The van der Waals surface area contributed by atoms with Gasteiger partial charge in [0.05, 0.1) is 5.52 Å². The molecule has 0 amide bonds. The van der Waals surface area contributed by atoms with E-state index in [2.05, 4.69) is 41.1 Å². The summed E-state index contributed by atoms with van der Waals surface area (Å²) in [5, 5.41) is 3.68. The van der Waals surface area contributed by atoms with Gasteiger partial charge in [0, 0.05) is 35.5 Å². The lowest BCUT2D eigenvalue weighted by Gasteiger charge is -2.18. The number of fused-ring (bicyclic) bond motifs is 1. The first kappa shape index (κ1) is 16.0. The van der Waals surface area contributed by atoms with E-state index in [9.17, 15) is 4.79 Å². The summed E-state index contributed by atoms with van der Waals surface area (Å²) in [4.78, 5) is 26.2. The fraction of sp³-hybridized carbons (Fsp3) is 0.235. The molecule has 0 spiro atoms. The highest BCUT2D eigenvalue weighted by Crippen LogP contribution is 2.26. The molecule has 0 saturated carbocycles. The van der Waals surface area contributed by atoms with Crippen molar-refractivity contribution in [3.8, 4) is 0 Å². The van der Waals surface area contributed by atoms with E-state index in [0.717, 1.165) is 23.1 Å². The van der Waals surface area contributed by atoms with E-state index in [4.69, 9.17) is 5.73 Å². The number of nitrogens with one attached hydrogen (secondary N) is 2. The topological polar surface area (TPSA) is 99.9 Å². The van der Waals surface area contributed by atoms with Crippen molar-refractivity contribution in [2.75, 3.05) is 23.3 Å². The number of aromatic amines is 1. The van der Waals surface area contributed by atoms with Gasteiger partial charge in [-0.3, -0.25) is 4.79 Å². The molecule has 1 aliphatic rings. The van der Waals surface area contributed by atoms with Gasteiger partial charge in [-0.2, -0.15) is 4.98 Å². The van der Waals surface area contributed by atoms with Gasteiger partial charge in [0.1, 0.15) is 11.2 Å². The molecule has 3 heterocycles. The van der Waals surface area contributed by atoms with Gasteiger partial charge >= 0.3 is 0 Å². The molecule has 4 N–H and O–H groups in total. The lowest BCUT2D eigenvalue weighted by molar-refractivity contribution is 0.750. The molecule has 1 unspecified atom stereocenters. The number of nitrogens with two attached hydrogens (primary N) is 1. The number of hydrogen-bond acceptors (Lipinski definition) is 6. The predicted octanol–water partition coefficient (Wildman–Crippen LogP) is 2.36. The van der Waals surface area contributed by atoms with E-state index < -0.39 is 0 Å². The molecule has 3 aromatic rings. The molecule has 1 fully saturated rings. The number of rotatable bonds is 3. The van der Waals surface area contributed by atoms with Crippen molar-refractivity contribution in [3.05, 3.63) is 51.4 Å². The molecule has 8 heteroatoms. The minimum Gasteiger partial charge on any atom is -0.339 e. The molecule has 1 atom stereocenters. The van der Waals surface area contributed by atoms with Gasteiger partial charge in [-0.25, -0.2) is 4.98 Å². The van der Waals surface area contributed by atoms with Crippen LogP contribution in [-0.4, -0.2) is 34.1 Å². The number of pyridine rings is 1. The highest BCUT2D eigenvalue weighted by atomic mass is 79.9. The average molecular weight is 401 g/mol. The van der Waals surface area contributed by atoms with Crippen LogP contribution >= 0.6 is 15.9 Å². The van der Waals surface area contributed by atoms with Gasteiger partial charge in [0.25, 0.3) is 5.56 Å². The van der Waals surface area contributed by atoms with Gasteiger partial charge in [0.15, 0.2) is 0 Å². The van der Waals surface area contributed by atoms with Crippen LogP contribution in [0, 0.1) is 0 Å². The maximum Gasteiger partial charge on any atom is 0.261 e. The predicted molar refractivity (Wildman–Crippen MR) is 102 cm³/mol. The van der Waals surface area contributed by atoms with Crippen LogP contribution in [-0.2, 0) is 0 Å². The molecule has 4 rings (SSSR count). The third-order valence-corrected chi connectivity index (χ3v) is 4.70. The Balaban J connectivity index is 1.83. The van der Waals surface area contributed by atoms with Gasteiger partial charge in [-0.15, -0.1) is 0 Å². The van der Waals surface area contributed by atoms with Crippen LogP contribution in [0.1, 0.15) is 6.42 Å². The normalized spacial score (nSPS) is 17.2. The Morgan fingerprint density at radius 2 is 2.20 bits per heavy atom. The van der Waals surface area contributed by atoms with E-state index in [0.29, 0.717) is 29.2 Å². The minimum absolute atomic E-state index is 0.125. The van der Waals surface area contributed by atoms with E-state index in [-0.39, 0.29) is 11.6 Å². The number of anilines is 3.